The SMILES string of the molecule is CCCNC(=O)C1CCCN(C(=O)c2cccc(C(=O)O)c2)C1. The molecule has 1 aromatic carbocycles. The van der Waals surface area contributed by atoms with Gasteiger partial charge >= 0.3 is 5.97 Å². The third-order valence-electron chi connectivity index (χ3n) is 3.99. The van der Waals surface area contributed by atoms with E-state index in [1.165, 1.54) is 12.1 Å². The molecule has 2 amide bonds. The number of nitrogens with one attached hydrogen (secondary N) is 1. The molecule has 2 rings (SSSR count). The van der Waals surface area contributed by atoms with Crippen molar-refractivity contribution in [3.05, 3.63) is 35.4 Å². The molecular weight excluding hydrogens is 296 g/mol. The molecule has 1 aliphatic rings. The number of amides is 2. The smallest absolute Gasteiger partial charge is 0.335 e. The van der Waals surface area contributed by atoms with Crippen molar-refractivity contribution in [2.24, 2.45) is 5.92 Å². The van der Waals surface area contributed by atoms with E-state index >= 15 is 0 Å². The van der Waals surface area contributed by atoms with Crippen LogP contribution in [0.3, 0.4) is 0 Å². The van der Waals surface area contributed by atoms with Gasteiger partial charge in [-0.15, -0.1) is 0 Å². The van der Waals surface area contributed by atoms with Gasteiger partial charge in [-0.2, -0.15) is 0 Å². The molecule has 0 spiro atoms. The fraction of sp³-hybridized carbons (Fsp3) is 0.471. The summed E-state index contributed by atoms with van der Waals surface area (Å²) < 4.78 is 0. The molecule has 0 bridgehead atoms. The van der Waals surface area contributed by atoms with Crippen LogP contribution in [0.5, 0.6) is 0 Å². The van der Waals surface area contributed by atoms with Crippen LogP contribution in [0, 0.1) is 5.92 Å². The minimum Gasteiger partial charge on any atom is -0.478 e. The molecule has 23 heavy (non-hydrogen) atoms. The molecule has 6 nitrogen and oxygen atoms in total. The van der Waals surface area contributed by atoms with E-state index in [1.54, 1.807) is 17.0 Å². The fourth-order valence-corrected chi connectivity index (χ4v) is 2.74. The van der Waals surface area contributed by atoms with E-state index in [1.807, 2.05) is 6.92 Å². The van der Waals surface area contributed by atoms with Crippen LogP contribution in [0.1, 0.15) is 46.9 Å². The van der Waals surface area contributed by atoms with Gasteiger partial charge in [0, 0.05) is 25.2 Å². The van der Waals surface area contributed by atoms with Gasteiger partial charge in [-0.25, -0.2) is 4.79 Å². The van der Waals surface area contributed by atoms with Crippen LogP contribution >= 0.6 is 0 Å². The maximum absolute atomic E-state index is 12.6. The normalized spacial score (nSPS) is 17.6. The highest BCUT2D eigenvalue weighted by Crippen LogP contribution is 2.19. The molecule has 124 valence electrons. The monoisotopic (exact) mass is 318 g/mol. The Morgan fingerprint density at radius 3 is 2.74 bits per heavy atom. The van der Waals surface area contributed by atoms with E-state index < -0.39 is 5.97 Å². The standard InChI is InChI=1S/C17H22N2O4/c1-2-8-18-15(20)14-7-4-9-19(11-14)16(21)12-5-3-6-13(10-12)17(22)23/h3,5-6,10,14H,2,4,7-9,11H2,1H3,(H,18,20)(H,22,23). The lowest BCUT2D eigenvalue weighted by molar-refractivity contribution is -0.126. The number of hydrogen-bond acceptors (Lipinski definition) is 3. The molecule has 1 heterocycles. The lowest BCUT2D eigenvalue weighted by atomic mass is 9.96. The van der Waals surface area contributed by atoms with Gasteiger partial charge in [0.1, 0.15) is 0 Å². The van der Waals surface area contributed by atoms with Crippen LogP contribution in [-0.4, -0.2) is 47.4 Å². The Labute approximate surface area is 135 Å². The van der Waals surface area contributed by atoms with E-state index in [0.717, 1.165) is 19.3 Å². The first kappa shape index (κ1) is 17.0. The predicted octanol–water partition coefficient (Wildman–Crippen LogP) is 1.76. The number of benzene rings is 1. The average molecular weight is 318 g/mol. The molecule has 2 N–H and O–H groups in total. The number of carbonyl (C=O) groups excluding carboxylic acids is 2. The summed E-state index contributed by atoms with van der Waals surface area (Å²) in [4.78, 5) is 37.3. The number of nitrogens with zero attached hydrogens (tertiary/aromatic N) is 1. The third kappa shape index (κ3) is 4.31. The maximum atomic E-state index is 12.6. The summed E-state index contributed by atoms with van der Waals surface area (Å²) in [7, 11) is 0. The first-order valence-corrected chi connectivity index (χ1v) is 7.93. The van der Waals surface area contributed by atoms with Crippen molar-refractivity contribution in [1.82, 2.24) is 10.2 Å². The van der Waals surface area contributed by atoms with E-state index in [2.05, 4.69) is 5.32 Å². The molecule has 0 saturated carbocycles. The number of rotatable bonds is 5. The Balaban J connectivity index is 2.06. The summed E-state index contributed by atoms with van der Waals surface area (Å²) in [6.07, 6.45) is 2.42. The van der Waals surface area contributed by atoms with Gasteiger partial charge in [-0.1, -0.05) is 13.0 Å². The lowest BCUT2D eigenvalue weighted by Gasteiger charge is -2.32. The Bertz CT molecular complexity index is 600. The second-order valence-electron chi connectivity index (χ2n) is 5.77. The number of carboxylic acids is 1. The van der Waals surface area contributed by atoms with Crippen LogP contribution in [-0.2, 0) is 4.79 Å². The lowest BCUT2D eigenvalue weighted by Crippen LogP contribution is -2.45. The van der Waals surface area contributed by atoms with E-state index in [4.69, 9.17) is 5.11 Å². The molecule has 6 heteroatoms. The molecule has 0 aromatic heterocycles. The van der Waals surface area contributed by atoms with E-state index in [9.17, 15) is 14.4 Å². The molecule has 1 saturated heterocycles. The van der Waals surface area contributed by atoms with E-state index in [0.29, 0.717) is 25.2 Å². The van der Waals surface area contributed by atoms with Crippen molar-refractivity contribution in [3.63, 3.8) is 0 Å². The molecule has 1 atom stereocenters. The number of piperidine rings is 1. The van der Waals surface area contributed by atoms with Crippen molar-refractivity contribution in [2.45, 2.75) is 26.2 Å². The quantitative estimate of drug-likeness (QED) is 0.866. The summed E-state index contributed by atoms with van der Waals surface area (Å²) in [6.45, 7) is 3.61. The van der Waals surface area contributed by atoms with Crippen LogP contribution < -0.4 is 5.32 Å². The van der Waals surface area contributed by atoms with Crippen molar-refractivity contribution in [3.8, 4) is 0 Å². The number of likely N-dealkylation sites (tertiary alicyclic amines) is 1. The van der Waals surface area contributed by atoms with Gasteiger partial charge < -0.3 is 15.3 Å². The summed E-state index contributed by atoms with van der Waals surface area (Å²) in [5, 5.41) is 11.9. The first-order chi connectivity index (χ1) is 11.0. The van der Waals surface area contributed by atoms with Crippen molar-refractivity contribution < 1.29 is 19.5 Å². The number of aromatic carboxylic acids is 1. The molecule has 1 fully saturated rings. The maximum Gasteiger partial charge on any atom is 0.335 e. The molecular formula is C17H22N2O4. The van der Waals surface area contributed by atoms with Crippen LogP contribution in [0.2, 0.25) is 0 Å². The topological polar surface area (TPSA) is 86.7 Å². The van der Waals surface area contributed by atoms with Crippen LogP contribution in [0.15, 0.2) is 24.3 Å². The highest BCUT2D eigenvalue weighted by atomic mass is 16.4. The Morgan fingerprint density at radius 1 is 1.30 bits per heavy atom. The molecule has 0 radical (unpaired) electrons. The zero-order valence-corrected chi connectivity index (χ0v) is 13.2. The molecule has 1 unspecified atom stereocenters. The summed E-state index contributed by atoms with van der Waals surface area (Å²) in [5.41, 5.74) is 0.435. The highest BCUT2D eigenvalue weighted by molar-refractivity contribution is 5.97. The van der Waals surface area contributed by atoms with E-state index in [-0.39, 0.29) is 23.3 Å². The summed E-state index contributed by atoms with van der Waals surface area (Å²) in [6, 6.07) is 6.00. The highest BCUT2D eigenvalue weighted by Gasteiger charge is 2.28. The Hall–Kier alpha value is -2.37. The molecule has 0 aliphatic carbocycles. The largest absolute Gasteiger partial charge is 0.478 e. The number of hydrogen-bond donors (Lipinski definition) is 2. The van der Waals surface area contributed by atoms with Crippen LogP contribution in [0.4, 0.5) is 0 Å². The summed E-state index contributed by atoms with van der Waals surface area (Å²) >= 11 is 0. The van der Waals surface area contributed by atoms with Crippen LogP contribution in [0.25, 0.3) is 0 Å². The zero-order chi connectivity index (χ0) is 16.8. The first-order valence-electron chi connectivity index (χ1n) is 7.93. The minimum atomic E-state index is -1.06. The fourth-order valence-electron chi connectivity index (χ4n) is 2.74. The van der Waals surface area contributed by atoms with Gasteiger partial charge in [0.2, 0.25) is 5.91 Å². The van der Waals surface area contributed by atoms with Crippen molar-refractivity contribution in [1.29, 1.82) is 0 Å². The number of carboxylic acid groups (broad SMARTS) is 1. The van der Waals surface area contributed by atoms with Gasteiger partial charge in [-0.3, -0.25) is 9.59 Å². The number of carbonyl (C=O) groups is 3. The summed E-state index contributed by atoms with van der Waals surface area (Å²) in [5.74, 6) is -1.48. The Morgan fingerprint density at radius 2 is 2.04 bits per heavy atom. The van der Waals surface area contributed by atoms with Crippen molar-refractivity contribution in [2.75, 3.05) is 19.6 Å². The second kappa shape index (κ2) is 7.76. The molecule has 1 aromatic rings. The van der Waals surface area contributed by atoms with Gasteiger partial charge in [0.25, 0.3) is 5.91 Å². The van der Waals surface area contributed by atoms with Crippen molar-refractivity contribution >= 4 is 17.8 Å². The van der Waals surface area contributed by atoms with Gasteiger partial charge in [0.15, 0.2) is 0 Å². The molecule has 1 aliphatic heterocycles. The van der Waals surface area contributed by atoms with Gasteiger partial charge in [0.05, 0.1) is 11.5 Å². The second-order valence-corrected chi connectivity index (χ2v) is 5.77. The zero-order valence-electron chi connectivity index (χ0n) is 13.2. The van der Waals surface area contributed by atoms with Gasteiger partial charge in [-0.05, 0) is 37.5 Å². The predicted molar refractivity (Wildman–Crippen MR) is 85.3 cm³/mol. The average Bonchev–Trinajstić information content (AvgIpc) is 2.59. The third-order valence-corrected chi connectivity index (χ3v) is 3.99. The Kier molecular flexibility index (Phi) is 5.73. The minimum absolute atomic E-state index is 0.0105.